The van der Waals surface area contributed by atoms with Crippen molar-refractivity contribution >= 4 is 49.6 Å². The van der Waals surface area contributed by atoms with Gasteiger partial charge in [0.15, 0.2) is 0 Å². The monoisotopic (exact) mass is 545 g/mol. The Hall–Kier alpha value is -5.60. The van der Waals surface area contributed by atoms with Gasteiger partial charge in [-0.2, -0.15) is 0 Å². The molecule has 0 saturated heterocycles. The van der Waals surface area contributed by atoms with Gasteiger partial charge in [-0.15, -0.1) is 0 Å². The van der Waals surface area contributed by atoms with Crippen molar-refractivity contribution in [3.63, 3.8) is 0 Å². The molecular formula is C40H28N2. The lowest BCUT2D eigenvalue weighted by molar-refractivity contribution is 1.18. The number of nitrogens with zero attached hydrogens (tertiary/aromatic N) is 2. The van der Waals surface area contributed by atoms with Crippen molar-refractivity contribution in [3.05, 3.63) is 170 Å². The van der Waals surface area contributed by atoms with Crippen molar-refractivity contribution in [2.75, 3.05) is 4.90 Å². The summed E-state index contributed by atoms with van der Waals surface area (Å²) in [5.41, 5.74) is 3.31. The largest absolute Gasteiger partial charge is 0.310 e. The van der Waals surface area contributed by atoms with Crippen LogP contribution in [-0.4, -0.2) is 4.57 Å². The molecule has 8 aromatic rings. The molecular weight excluding hydrogens is 508 g/mol. The van der Waals surface area contributed by atoms with Gasteiger partial charge in [-0.3, -0.25) is 0 Å². The number of aromatic nitrogens is 1. The van der Waals surface area contributed by atoms with Gasteiger partial charge >= 0.3 is 0 Å². The van der Waals surface area contributed by atoms with Crippen LogP contribution < -0.4 is 4.90 Å². The van der Waals surface area contributed by atoms with Crippen LogP contribution in [0.1, 0.15) is 12.3 Å². The van der Waals surface area contributed by atoms with E-state index in [9.17, 15) is 1.37 Å². The second-order valence-corrected chi connectivity index (χ2v) is 9.98. The molecule has 7 aromatic carbocycles. The van der Waals surface area contributed by atoms with Crippen molar-refractivity contribution in [2.45, 2.75) is 0 Å². The molecule has 0 spiro atoms. The highest BCUT2D eigenvalue weighted by Crippen LogP contribution is 2.39. The molecule has 0 radical (unpaired) electrons. The highest BCUT2D eigenvalue weighted by Gasteiger charge is 2.16. The third-order valence-corrected chi connectivity index (χ3v) is 7.51. The normalized spacial score (nSPS) is 14.3. The van der Waals surface area contributed by atoms with E-state index in [0.29, 0.717) is 11.3 Å². The summed E-state index contributed by atoms with van der Waals surface area (Å²) in [5, 5.41) is 3.50. The average molecular weight is 546 g/mol. The van der Waals surface area contributed by atoms with Crippen LogP contribution in [-0.2, 0) is 0 Å². The standard InChI is InChI=1S/C40H28N2/c1-3-15-33(16-4-1)41(36-24-22-29-12-7-8-13-30(29)26-36)35-19-11-14-31(27-35)32-23-25-40-38(28-32)37-20-9-10-21-39(37)42(40)34-17-5-2-6-18-34/h1-28H/i1D,3D,4D,11D,14D,15D,16D,19D,27D. The Morgan fingerprint density at radius 2 is 1.21 bits per heavy atom. The van der Waals surface area contributed by atoms with Crippen LogP contribution in [0.15, 0.2) is 170 Å². The summed E-state index contributed by atoms with van der Waals surface area (Å²) in [4.78, 5) is 1.30. The Labute approximate surface area is 258 Å². The molecule has 0 aliphatic heterocycles. The van der Waals surface area contributed by atoms with E-state index in [2.05, 4.69) is 4.57 Å². The first kappa shape index (κ1) is 16.6. The maximum atomic E-state index is 9.63. The van der Waals surface area contributed by atoms with Crippen LogP contribution in [0.4, 0.5) is 17.1 Å². The van der Waals surface area contributed by atoms with E-state index >= 15 is 0 Å². The Balaban J connectivity index is 1.44. The van der Waals surface area contributed by atoms with E-state index in [4.69, 9.17) is 11.0 Å². The van der Waals surface area contributed by atoms with E-state index in [1.165, 1.54) is 4.90 Å². The fourth-order valence-corrected chi connectivity index (χ4v) is 5.61. The van der Waals surface area contributed by atoms with E-state index in [-0.39, 0.29) is 29.0 Å². The molecule has 2 heteroatoms. The van der Waals surface area contributed by atoms with Crippen LogP contribution in [0, 0.1) is 0 Å². The highest BCUT2D eigenvalue weighted by atomic mass is 15.1. The minimum absolute atomic E-state index is 0.0857. The van der Waals surface area contributed by atoms with Gasteiger partial charge in [0.1, 0.15) is 0 Å². The third kappa shape index (κ3) is 4.13. The lowest BCUT2D eigenvalue weighted by atomic mass is 10.0. The first-order valence-corrected chi connectivity index (χ1v) is 13.6. The first-order valence-electron chi connectivity index (χ1n) is 18.1. The number of fused-ring (bicyclic) bond motifs is 4. The minimum Gasteiger partial charge on any atom is -0.310 e. The Kier molecular flexibility index (Phi) is 4.00. The number of hydrogen-bond donors (Lipinski definition) is 0. The molecule has 1 heterocycles. The van der Waals surface area contributed by atoms with Crippen molar-refractivity contribution in [1.82, 2.24) is 4.57 Å². The van der Waals surface area contributed by atoms with Gasteiger partial charge in [-0.25, -0.2) is 0 Å². The van der Waals surface area contributed by atoms with Gasteiger partial charge in [0.05, 0.1) is 23.4 Å². The lowest BCUT2D eigenvalue weighted by Gasteiger charge is -2.26. The number of rotatable bonds is 5. The van der Waals surface area contributed by atoms with E-state index in [1.807, 2.05) is 97.1 Å². The smallest absolute Gasteiger partial charge is 0.0651 e. The fraction of sp³-hybridized carbons (Fsp3) is 0. The molecule has 0 amide bonds. The second kappa shape index (κ2) is 10.1. The van der Waals surface area contributed by atoms with Crippen LogP contribution in [0.3, 0.4) is 0 Å². The van der Waals surface area contributed by atoms with Gasteiger partial charge in [0.25, 0.3) is 0 Å². The zero-order chi connectivity index (χ0) is 35.7. The molecule has 0 atom stereocenters. The highest BCUT2D eigenvalue weighted by molar-refractivity contribution is 6.10. The van der Waals surface area contributed by atoms with Gasteiger partial charge in [-0.05, 0) is 88.5 Å². The van der Waals surface area contributed by atoms with E-state index < -0.39 is 42.3 Å². The number of hydrogen-bond acceptors (Lipinski definition) is 1. The lowest BCUT2D eigenvalue weighted by Crippen LogP contribution is -2.09. The van der Waals surface area contributed by atoms with Crippen molar-refractivity contribution in [3.8, 4) is 16.8 Å². The van der Waals surface area contributed by atoms with Gasteiger partial charge in [-0.1, -0.05) is 103 Å². The molecule has 198 valence electrons. The first-order chi connectivity index (χ1) is 24.6. The number of para-hydroxylation sites is 3. The van der Waals surface area contributed by atoms with E-state index in [0.717, 1.165) is 38.3 Å². The number of benzene rings is 7. The van der Waals surface area contributed by atoms with E-state index in [1.54, 1.807) is 18.2 Å². The third-order valence-electron chi connectivity index (χ3n) is 7.51. The molecule has 0 aliphatic rings. The Morgan fingerprint density at radius 1 is 0.476 bits per heavy atom. The van der Waals surface area contributed by atoms with Gasteiger partial charge < -0.3 is 9.47 Å². The number of anilines is 3. The molecule has 0 fully saturated rings. The molecule has 1 aromatic heterocycles. The van der Waals surface area contributed by atoms with Crippen LogP contribution in [0.2, 0.25) is 0 Å². The van der Waals surface area contributed by atoms with Crippen molar-refractivity contribution in [2.24, 2.45) is 0 Å². The van der Waals surface area contributed by atoms with Crippen LogP contribution >= 0.6 is 0 Å². The summed E-state index contributed by atoms with van der Waals surface area (Å²) in [7, 11) is 0. The molecule has 2 nitrogen and oxygen atoms in total. The quantitative estimate of drug-likeness (QED) is 0.209. The summed E-state index contributed by atoms with van der Waals surface area (Å²) in [6, 6.07) is 32.0. The Bertz CT molecular complexity index is 2680. The molecule has 42 heavy (non-hydrogen) atoms. The maximum absolute atomic E-state index is 9.63. The van der Waals surface area contributed by atoms with Gasteiger partial charge in [0, 0.05) is 33.5 Å². The molecule has 0 saturated carbocycles. The summed E-state index contributed by atoms with van der Waals surface area (Å²) in [5.74, 6) is 0. The maximum Gasteiger partial charge on any atom is 0.0651 e. The molecule has 0 aliphatic carbocycles. The summed E-state index contributed by atoms with van der Waals surface area (Å²) in [6.45, 7) is 0. The summed E-state index contributed by atoms with van der Waals surface area (Å²) in [6.07, 6.45) is 0. The van der Waals surface area contributed by atoms with Crippen LogP contribution in [0.5, 0.6) is 0 Å². The predicted octanol–water partition coefficient (Wildman–Crippen LogP) is 11.1. The van der Waals surface area contributed by atoms with Crippen molar-refractivity contribution in [1.29, 1.82) is 0 Å². The minimum atomic E-state index is -0.573. The Morgan fingerprint density at radius 3 is 2.10 bits per heavy atom. The topological polar surface area (TPSA) is 8.17 Å². The second-order valence-electron chi connectivity index (χ2n) is 9.98. The van der Waals surface area contributed by atoms with Gasteiger partial charge in [0.2, 0.25) is 0 Å². The SMILES string of the molecule is [2H]c1c([2H])c([2H])c(N(c2ccc3ccccc3c2)c2c([2H])c([2H])c([2H])c(-c3ccc4c(c3)c3ccccc3n4-c3ccccc3)c2[2H])c([2H])c1[2H]. The fourth-order valence-electron chi connectivity index (χ4n) is 5.61. The molecule has 0 bridgehead atoms. The van der Waals surface area contributed by atoms with Crippen LogP contribution in [0.25, 0.3) is 49.4 Å². The zero-order valence-electron chi connectivity index (χ0n) is 31.4. The van der Waals surface area contributed by atoms with Crippen molar-refractivity contribution < 1.29 is 12.3 Å². The zero-order valence-corrected chi connectivity index (χ0v) is 22.4. The summed E-state index contributed by atoms with van der Waals surface area (Å²) < 4.78 is 81.9. The average Bonchev–Trinajstić information content (AvgIpc) is 3.49. The molecule has 0 unspecified atom stereocenters. The molecule has 0 N–H and O–H groups in total. The predicted molar refractivity (Wildman–Crippen MR) is 178 cm³/mol. The summed E-state index contributed by atoms with van der Waals surface area (Å²) >= 11 is 0. The molecule has 8 rings (SSSR count).